The van der Waals surface area contributed by atoms with E-state index in [0.717, 1.165) is 5.56 Å². The topological polar surface area (TPSA) is 72.3 Å². The van der Waals surface area contributed by atoms with Crippen molar-refractivity contribution in [3.05, 3.63) is 28.8 Å². The molecule has 5 heteroatoms. The smallest absolute Gasteiger partial charge is 0.231 e. The zero-order valence-electron chi connectivity index (χ0n) is 10.1. The van der Waals surface area contributed by atoms with E-state index >= 15 is 0 Å². The van der Waals surface area contributed by atoms with Gasteiger partial charge in [0.1, 0.15) is 0 Å². The van der Waals surface area contributed by atoms with Crippen LogP contribution in [-0.2, 0) is 11.3 Å². The highest BCUT2D eigenvalue weighted by atomic mass is 35.5. The van der Waals surface area contributed by atoms with Gasteiger partial charge in [-0.25, -0.2) is 0 Å². The summed E-state index contributed by atoms with van der Waals surface area (Å²) < 4.78 is 0. The second kappa shape index (κ2) is 5.89. The van der Waals surface area contributed by atoms with Crippen molar-refractivity contribution in [2.75, 3.05) is 12.3 Å². The number of nitrogen functional groups attached to an aromatic ring is 1. The molecule has 0 aromatic heterocycles. The zero-order valence-corrected chi connectivity index (χ0v) is 10.9. The summed E-state index contributed by atoms with van der Waals surface area (Å²) in [5.41, 5.74) is 12.6. The van der Waals surface area contributed by atoms with Crippen LogP contribution in [0.1, 0.15) is 19.4 Å². The fourth-order valence-electron chi connectivity index (χ4n) is 1.57. The normalized spacial score (nSPS) is 11.1. The number of carbonyl (C=O) groups excluding carboxylic acids is 1. The maximum Gasteiger partial charge on any atom is 0.231 e. The van der Waals surface area contributed by atoms with E-state index in [-0.39, 0.29) is 18.5 Å². The number of rotatable bonds is 5. The van der Waals surface area contributed by atoms with Gasteiger partial charge >= 0.3 is 0 Å². The second-order valence-corrected chi connectivity index (χ2v) is 4.68. The summed E-state index contributed by atoms with van der Waals surface area (Å²) in [6.45, 7) is 4.71. The lowest BCUT2D eigenvalue weighted by molar-refractivity contribution is -0.119. The fraction of sp³-hybridized carbons (Fsp3) is 0.417. The van der Waals surface area contributed by atoms with Crippen molar-refractivity contribution in [2.45, 2.75) is 26.4 Å². The average molecular weight is 256 g/mol. The lowest BCUT2D eigenvalue weighted by atomic mass is 10.1. The molecule has 0 heterocycles. The molecule has 0 unspecified atom stereocenters. The minimum atomic E-state index is -0.357. The average Bonchev–Trinajstić information content (AvgIpc) is 2.21. The quantitative estimate of drug-likeness (QED) is 0.786. The Morgan fingerprint density at radius 1 is 1.47 bits per heavy atom. The highest BCUT2D eigenvalue weighted by molar-refractivity contribution is 6.31. The van der Waals surface area contributed by atoms with Gasteiger partial charge in [0.2, 0.25) is 5.91 Å². The van der Waals surface area contributed by atoms with Gasteiger partial charge in [-0.3, -0.25) is 9.69 Å². The monoisotopic (exact) mass is 255 g/mol. The van der Waals surface area contributed by atoms with E-state index in [0.29, 0.717) is 17.3 Å². The molecule has 0 atom stereocenters. The first-order valence-corrected chi connectivity index (χ1v) is 5.84. The van der Waals surface area contributed by atoms with Gasteiger partial charge in [0.05, 0.1) is 6.54 Å². The third-order valence-corrected chi connectivity index (χ3v) is 2.96. The van der Waals surface area contributed by atoms with Crippen molar-refractivity contribution in [3.8, 4) is 0 Å². The zero-order chi connectivity index (χ0) is 13.0. The number of nitrogens with two attached hydrogens (primary N) is 2. The maximum atomic E-state index is 11.0. The van der Waals surface area contributed by atoms with E-state index in [9.17, 15) is 4.79 Å². The molecule has 1 aromatic carbocycles. The molecule has 94 valence electrons. The number of amides is 1. The van der Waals surface area contributed by atoms with Crippen LogP contribution in [0.2, 0.25) is 5.02 Å². The van der Waals surface area contributed by atoms with Gasteiger partial charge in [-0.2, -0.15) is 0 Å². The largest absolute Gasteiger partial charge is 0.398 e. The van der Waals surface area contributed by atoms with Crippen LogP contribution in [0.5, 0.6) is 0 Å². The van der Waals surface area contributed by atoms with E-state index in [2.05, 4.69) is 0 Å². The van der Waals surface area contributed by atoms with Crippen molar-refractivity contribution >= 4 is 23.2 Å². The molecule has 0 spiro atoms. The van der Waals surface area contributed by atoms with Crippen LogP contribution in [0.3, 0.4) is 0 Å². The van der Waals surface area contributed by atoms with E-state index in [4.69, 9.17) is 23.1 Å². The molecule has 1 aromatic rings. The highest BCUT2D eigenvalue weighted by Crippen LogP contribution is 2.24. The number of hydrogen-bond acceptors (Lipinski definition) is 3. The van der Waals surface area contributed by atoms with Crippen molar-refractivity contribution in [1.29, 1.82) is 0 Å². The van der Waals surface area contributed by atoms with E-state index in [1.165, 1.54) is 0 Å². The Morgan fingerprint density at radius 2 is 2.12 bits per heavy atom. The summed E-state index contributed by atoms with van der Waals surface area (Å²) in [6, 6.07) is 5.58. The third kappa shape index (κ3) is 3.91. The minimum absolute atomic E-state index is 0.193. The molecule has 1 amide bonds. The van der Waals surface area contributed by atoms with Gasteiger partial charge in [-0.15, -0.1) is 0 Å². The molecule has 0 aliphatic heterocycles. The predicted molar refractivity (Wildman–Crippen MR) is 70.6 cm³/mol. The minimum Gasteiger partial charge on any atom is -0.398 e. The Bertz CT molecular complexity index is 386. The van der Waals surface area contributed by atoms with E-state index in [1.807, 2.05) is 18.7 Å². The molecule has 0 saturated heterocycles. The van der Waals surface area contributed by atoms with Crippen LogP contribution in [-0.4, -0.2) is 23.4 Å². The van der Waals surface area contributed by atoms with Crippen LogP contribution >= 0.6 is 11.6 Å². The van der Waals surface area contributed by atoms with Crippen LogP contribution < -0.4 is 11.5 Å². The van der Waals surface area contributed by atoms with Gasteiger partial charge in [-0.1, -0.05) is 17.7 Å². The number of primary amides is 1. The third-order valence-electron chi connectivity index (χ3n) is 2.61. The van der Waals surface area contributed by atoms with Crippen molar-refractivity contribution in [1.82, 2.24) is 4.90 Å². The van der Waals surface area contributed by atoms with Crippen LogP contribution in [0.25, 0.3) is 0 Å². The first kappa shape index (κ1) is 13.8. The number of hydrogen-bond donors (Lipinski definition) is 2. The number of carbonyl (C=O) groups is 1. The van der Waals surface area contributed by atoms with Crippen LogP contribution in [0.15, 0.2) is 18.2 Å². The number of nitrogens with zero attached hydrogens (tertiary/aromatic N) is 1. The predicted octanol–water partition coefficient (Wildman–Crippen LogP) is 1.62. The first-order chi connectivity index (χ1) is 7.91. The summed E-state index contributed by atoms with van der Waals surface area (Å²) in [7, 11) is 0. The van der Waals surface area contributed by atoms with Crippen LogP contribution in [0, 0.1) is 0 Å². The van der Waals surface area contributed by atoms with E-state index < -0.39 is 0 Å². The molecule has 4 N–H and O–H groups in total. The molecule has 17 heavy (non-hydrogen) atoms. The van der Waals surface area contributed by atoms with Crippen molar-refractivity contribution in [3.63, 3.8) is 0 Å². The molecule has 0 aliphatic rings. The van der Waals surface area contributed by atoms with Gasteiger partial charge in [-0.05, 0) is 26.0 Å². The Hall–Kier alpha value is -1.26. The summed E-state index contributed by atoms with van der Waals surface area (Å²) in [6.07, 6.45) is 0. The summed E-state index contributed by atoms with van der Waals surface area (Å²) in [5, 5.41) is 0.611. The van der Waals surface area contributed by atoms with E-state index in [1.54, 1.807) is 18.2 Å². The highest BCUT2D eigenvalue weighted by Gasteiger charge is 2.15. The van der Waals surface area contributed by atoms with Gasteiger partial charge in [0, 0.05) is 28.9 Å². The Morgan fingerprint density at radius 3 is 2.59 bits per heavy atom. The SMILES string of the molecule is CC(C)N(CC(N)=O)Cc1c(N)cccc1Cl. The molecule has 1 rings (SSSR count). The first-order valence-electron chi connectivity index (χ1n) is 5.47. The lowest BCUT2D eigenvalue weighted by Crippen LogP contribution is -2.38. The molecule has 0 saturated carbocycles. The molecule has 0 aliphatic carbocycles. The maximum absolute atomic E-state index is 11.0. The Balaban J connectivity index is 2.89. The van der Waals surface area contributed by atoms with Crippen molar-refractivity contribution in [2.24, 2.45) is 5.73 Å². The summed E-state index contributed by atoms with van der Waals surface area (Å²) >= 11 is 6.09. The number of benzene rings is 1. The summed E-state index contributed by atoms with van der Waals surface area (Å²) in [4.78, 5) is 12.9. The van der Waals surface area contributed by atoms with Crippen molar-refractivity contribution < 1.29 is 4.79 Å². The number of halogens is 1. The molecule has 0 bridgehead atoms. The Labute approximate surface area is 107 Å². The molecule has 0 radical (unpaired) electrons. The summed E-state index contributed by atoms with van der Waals surface area (Å²) in [5.74, 6) is -0.357. The molecule has 4 nitrogen and oxygen atoms in total. The lowest BCUT2D eigenvalue weighted by Gasteiger charge is -2.26. The fourth-order valence-corrected chi connectivity index (χ4v) is 1.81. The molecular weight excluding hydrogens is 238 g/mol. The molecule has 0 fully saturated rings. The van der Waals surface area contributed by atoms with Gasteiger partial charge < -0.3 is 11.5 Å². The number of anilines is 1. The van der Waals surface area contributed by atoms with Crippen LogP contribution in [0.4, 0.5) is 5.69 Å². The Kier molecular flexibility index (Phi) is 4.78. The van der Waals surface area contributed by atoms with Gasteiger partial charge in [0.25, 0.3) is 0 Å². The van der Waals surface area contributed by atoms with Gasteiger partial charge in [0.15, 0.2) is 0 Å². The second-order valence-electron chi connectivity index (χ2n) is 4.27. The molecular formula is C12H18ClN3O. The standard InChI is InChI=1S/C12H18ClN3O/c1-8(2)16(7-12(15)17)6-9-10(13)4-3-5-11(9)14/h3-5,8H,6-7,14H2,1-2H3,(H2,15,17).